The van der Waals surface area contributed by atoms with Crippen LogP contribution in [0.15, 0.2) is 109 Å². The van der Waals surface area contributed by atoms with Crippen molar-refractivity contribution in [1.29, 1.82) is 0 Å². The number of amides is 3. The first-order valence-electron chi connectivity index (χ1n) is 13.5. The van der Waals surface area contributed by atoms with E-state index in [-0.39, 0.29) is 18.4 Å². The molecule has 39 heavy (non-hydrogen) atoms. The average molecular weight is 520 g/mol. The number of hydrogen-bond donors (Lipinski definition) is 1. The van der Waals surface area contributed by atoms with Crippen LogP contribution in [0, 0.1) is 13.8 Å². The lowest BCUT2D eigenvalue weighted by Gasteiger charge is -2.27. The molecule has 0 unspecified atom stereocenters. The van der Waals surface area contributed by atoms with Gasteiger partial charge in [0.05, 0.1) is 0 Å². The summed E-state index contributed by atoms with van der Waals surface area (Å²) in [7, 11) is 0. The number of nitrogens with zero attached hydrogens (tertiary/aromatic N) is 2. The van der Waals surface area contributed by atoms with Crippen molar-refractivity contribution in [2.45, 2.75) is 39.8 Å². The Bertz CT molecular complexity index is 1320. The predicted molar refractivity (Wildman–Crippen MR) is 158 cm³/mol. The smallest absolute Gasteiger partial charge is 0.322 e. The van der Waals surface area contributed by atoms with Crippen molar-refractivity contribution in [3.63, 3.8) is 0 Å². The van der Waals surface area contributed by atoms with Crippen molar-refractivity contribution >= 4 is 17.6 Å². The van der Waals surface area contributed by atoms with Crippen LogP contribution in [0.1, 0.15) is 34.2 Å². The summed E-state index contributed by atoms with van der Waals surface area (Å²) in [5.41, 5.74) is 6.14. The molecule has 0 aromatic heterocycles. The van der Waals surface area contributed by atoms with Gasteiger partial charge < -0.3 is 15.1 Å². The molecule has 4 rings (SSSR count). The van der Waals surface area contributed by atoms with E-state index in [9.17, 15) is 9.59 Å². The number of para-hydroxylation sites is 1. The standard InChI is InChI=1S/C34H37N3O2/c1-27-13-12-14-28(2)33(27)35-34(39)37(26-31-19-10-5-11-20-31)24-22-32(38)36(25-30-17-8-4-9-18-30)23-21-29-15-6-3-7-16-29/h3-20H,21-26H2,1-2H3,(H,35,39). The van der Waals surface area contributed by atoms with E-state index in [2.05, 4.69) is 17.4 Å². The van der Waals surface area contributed by atoms with Crippen molar-refractivity contribution in [3.05, 3.63) is 137 Å². The molecule has 3 amide bonds. The number of hydrogen-bond acceptors (Lipinski definition) is 2. The zero-order chi connectivity index (χ0) is 27.5. The van der Waals surface area contributed by atoms with Gasteiger partial charge in [0.1, 0.15) is 0 Å². The molecule has 0 fully saturated rings. The van der Waals surface area contributed by atoms with Crippen LogP contribution in [0.2, 0.25) is 0 Å². The molecule has 0 aliphatic carbocycles. The number of aryl methyl sites for hydroxylation is 2. The van der Waals surface area contributed by atoms with E-state index in [1.54, 1.807) is 4.90 Å². The second-order valence-corrected chi connectivity index (χ2v) is 9.89. The van der Waals surface area contributed by atoms with E-state index in [4.69, 9.17) is 0 Å². The topological polar surface area (TPSA) is 52.7 Å². The Morgan fingerprint density at radius 3 is 1.62 bits per heavy atom. The first-order valence-corrected chi connectivity index (χ1v) is 13.5. The summed E-state index contributed by atoms with van der Waals surface area (Å²) in [6.45, 7) is 5.88. The fourth-order valence-corrected chi connectivity index (χ4v) is 4.65. The molecule has 0 heterocycles. The zero-order valence-corrected chi connectivity index (χ0v) is 22.8. The Kier molecular flexibility index (Phi) is 9.90. The first-order chi connectivity index (χ1) is 19.0. The van der Waals surface area contributed by atoms with Crippen LogP contribution in [0.3, 0.4) is 0 Å². The van der Waals surface area contributed by atoms with Gasteiger partial charge in [-0.15, -0.1) is 0 Å². The number of anilines is 1. The maximum absolute atomic E-state index is 13.6. The zero-order valence-electron chi connectivity index (χ0n) is 22.8. The second-order valence-electron chi connectivity index (χ2n) is 9.89. The maximum atomic E-state index is 13.6. The highest BCUT2D eigenvalue weighted by atomic mass is 16.2. The largest absolute Gasteiger partial charge is 0.338 e. The van der Waals surface area contributed by atoms with Gasteiger partial charge in [0, 0.05) is 38.3 Å². The highest BCUT2D eigenvalue weighted by Gasteiger charge is 2.20. The lowest BCUT2D eigenvalue weighted by atomic mass is 10.1. The Morgan fingerprint density at radius 1 is 0.590 bits per heavy atom. The minimum Gasteiger partial charge on any atom is -0.338 e. The van der Waals surface area contributed by atoms with E-state index in [0.717, 1.165) is 34.4 Å². The molecule has 5 heteroatoms. The van der Waals surface area contributed by atoms with Gasteiger partial charge in [-0.25, -0.2) is 4.79 Å². The molecule has 200 valence electrons. The predicted octanol–water partition coefficient (Wildman–Crippen LogP) is 7.00. The summed E-state index contributed by atoms with van der Waals surface area (Å²) in [6.07, 6.45) is 1.02. The summed E-state index contributed by atoms with van der Waals surface area (Å²) in [6, 6.07) is 35.9. The van der Waals surface area contributed by atoms with E-state index in [1.165, 1.54) is 5.56 Å². The summed E-state index contributed by atoms with van der Waals surface area (Å²) in [5.74, 6) is 0.0349. The van der Waals surface area contributed by atoms with E-state index in [1.807, 2.05) is 116 Å². The molecular formula is C34H37N3O2. The van der Waals surface area contributed by atoms with Crippen LogP contribution in [0.5, 0.6) is 0 Å². The number of rotatable bonds is 11. The molecule has 4 aromatic carbocycles. The summed E-state index contributed by atoms with van der Waals surface area (Å²) >= 11 is 0. The van der Waals surface area contributed by atoms with Crippen LogP contribution < -0.4 is 5.32 Å². The fourth-order valence-electron chi connectivity index (χ4n) is 4.65. The van der Waals surface area contributed by atoms with Crippen molar-refractivity contribution in [2.75, 3.05) is 18.4 Å². The Morgan fingerprint density at radius 2 is 1.08 bits per heavy atom. The van der Waals surface area contributed by atoms with Crippen molar-refractivity contribution in [2.24, 2.45) is 0 Å². The minimum atomic E-state index is -0.206. The highest BCUT2D eigenvalue weighted by Crippen LogP contribution is 2.21. The average Bonchev–Trinajstić information content (AvgIpc) is 2.96. The van der Waals surface area contributed by atoms with Crippen LogP contribution in [-0.4, -0.2) is 34.8 Å². The van der Waals surface area contributed by atoms with Gasteiger partial charge in [-0.2, -0.15) is 0 Å². The van der Waals surface area contributed by atoms with Crippen molar-refractivity contribution < 1.29 is 9.59 Å². The van der Waals surface area contributed by atoms with Gasteiger partial charge in [0.2, 0.25) is 5.91 Å². The van der Waals surface area contributed by atoms with Gasteiger partial charge in [0.15, 0.2) is 0 Å². The molecule has 1 N–H and O–H groups in total. The third-order valence-electron chi connectivity index (χ3n) is 6.89. The molecule has 0 bridgehead atoms. The molecule has 0 aliphatic rings. The quantitative estimate of drug-likeness (QED) is 0.232. The van der Waals surface area contributed by atoms with Crippen molar-refractivity contribution in [3.8, 4) is 0 Å². The molecule has 0 radical (unpaired) electrons. The van der Waals surface area contributed by atoms with Gasteiger partial charge >= 0.3 is 6.03 Å². The summed E-state index contributed by atoms with van der Waals surface area (Å²) in [4.78, 5) is 30.7. The maximum Gasteiger partial charge on any atom is 0.322 e. The van der Waals surface area contributed by atoms with Crippen molar-refractivity contribution in [1.82, 2.24) is 9.80 Å². The summed E-state index contributed by atoms with van der Waals surface area (Å²) < 4.78 is 0. The molecule has 0 atom stereocenters. The van der Waals surface area contributed by atoms with Crippen LogP contribution >= 0.6 is 0 Å². The molecular weight excluding hydrogens is 482 g/mol. The van der Waals surface area contributed by atoms with Gasteiger partial charge in [-0.3, -0.25) is 4.79 Å². The van der Waals surface area contributed by atoms with E-state index in [0.29, 0.717) is 26.2 Å². The fraction of sp³-hybridized carbons (Fsp3) is 0.235. The Hall–Kier alpha value is -4.38. The molecule has 0 spiro atoms. The normalized spacial score (nSPS) is 10.6. The number of benzene rings is 4. The lowest BCUT2D eigenvalue weighted by Crippen LogP contribution is -2.39. The van der Waals surface area contributed by atoms with Crippen LogP contribution in [0.4, 0.5) is 10.5 Å². The van der Waals surface area contributed by atoms with Gasteiger partial charge in [0.25, 0.3) is 0 Å². The van der Waals surface area contributed by atoms with E-state index < -0.39 is 0 Å². The minimum absolute atomic E-state index is 0.0349. The second kappa shape index (κ2) is 14.0. The Labute approximate surface area is 232 Å². The SMILES string of the molecule is Cc1cccc(C)c1NC(=O)N(CCC(=O)N(CCc1ccccc1)Cc1ccccc1)Cc1ccccc1. The Balaban J connectivity index is 1.48. The number of urea groups is 1. The number of carbonyl (C=O) groups excluding carboxylic acids is 2. The highest BCUT2D eigenvalue weighted by molar-refractivity contribution is 5.91. The monoisotopic (exact) mass is 519 g/mol. The van der Waals surface area contributed by atoms with Gasteiger partial charge in [-0.05, 0) is 48.1 Å². The number of carbonyl (C=O) groups is 2. The lowest BCUT2D eigenvalue weighted by molar-refractivity contribution is -0.132. The molecule has 4 aromatic rings. The summed E-state index contributed by atoms with van der Waals surface area (Å²) in [5, 5.41) is 3.10. The van der Waals surface area contributed by atoms with Crippen LogP contribution in [-0.2, 0) is 24.3 Å². The molecule has 0 saturated carbocycles. The number of nitrogens with one attached hydrogen (secondary N) is 1. The third-order valence-corrected chi connectivity index (χ3v) is 6.89. The van der Waals surface area contributed by atoms with Crippen LogP contribution in [0.25, 0.3) is 0 Å². The molecule has 5 nitrogen and oxygen atoms in total. The molecule has 0 aliphatic heterocycles. The first kappa shape index (κ1) is 27.6. The van der Waals surface area contributed by atoms with Gasteiger partial charge in [-0.1, -0.05) is 109 Å². The van der Waals surface area contributed by atoms with E-state index >= 15 is 0 Å². The third kappa shape index (κ3) is 8.30. The molecule has 0 saturated heterocycles.